The fourth-order valence-corrected chi connectivity index (χ4v) is 4.19. The Balaban J connectivity index is 2.22. The molecule has 1 aliphatic rings. The minimum Gasteiger partial charge on any atom is -0.369 e. The Hall–Kier alpha value is -0.920. The van der Waals surface area contributed by atoms with Crippen LogP contribution in [0.25, 0.3) is 0 Å². The highest BCUT2D eigenvalue weighted by Crippen LogP contribution is 2.24. The van der Waals surface area contributed by atoms with Crippen molar-refractivity contribution in [3.05, 3.63) is 29.8 Å². The number of piperidine rings is 1. The Labute approximate surface area is 127 Å². The van der Waals surface area contributed by atoms with Gasteiger partial charge in [-0.25, -0.2) is 8.42 Å². The summed E-state index contributed by atoms with van der Waals surface area (Å²) in [7, 11) is -3.54. The zero-order valence-electron chi connectivity index (χ0n) is 11.0. The molecule has 1 aromatic carbocycles. The van der Waals surface area contributed by atoms with Crippen molar-refractivity contribution in [2.24, 2.45) is 11.7 Å². The second-order valence-corrected chi connectivity index (χ2v) is 7.38. The predicted octanol–water partition coefficient (Wildman–Crippen LogP) is 1.47. The van der Waals surface area contributed by atoms with Crippen LogP contribution in [0.3, 0.4) is 0 Å². The van der Waals surface area contributed by atoms with Gasteiger partial charge in [0.15, 0.2) is 0 Å². The summed E-state index contributed by atoms with van der Waals surface area (Å²) < 4.78 is 26.4. The van der Waals surface area contributed by atoms with Crippen molar-refractivity contribution in [3.63, 3.8) is 0 Å². The van der Waals surface area contributed by atoms with Crippen LogP contribution in [-0.4, -0.2) is 31.7 Å². The molecule has 1 heterocycles. The fourth-order valence-electron chi connectivity index (χ4n) is 2.29. The van der Waals surface area contributed by atoms with Crippen LogP contribution in [0.1, 0.15) is 18.4 Å². The molecule has 1 aliphatic heterocycles. The Morgan fingerprint density at radius 3 is 2.55 bits per heavy atom. The number of alkyl halides is 1. The fraction of sp³-hybridized carbons (Fsp3) is 0.462. The molecule has 110 valence electrons. The highest BCUT2D eigenvalue weighted by atomic mass is 79.9. The van der Waals surface area contributed by atoms with E-state index in [9.17, 15) is 13.2 Å². The third-order valence-corrected chi connectivity index (χ3v) is 6.03. The number of hydrogen-bond acceptors (Lipinski definition) is 3. The Morgan fingerprint density at radius 1 is 1.35 bits per heavy atom. The summed E-state index contributed by atoms with van der Waals surface area (Å²) in [4.78, 5) is 11.5. The molecule has 0 spiro atoms. The molecule has 1 aromatic rings. The maximum atomic E-state index is 12.5. The van der Waals surface area contributed by atoms with Crippen LogP contribution in [0.2, 0.25) is 0 Å². The van der Waals surface area contributed by atoms with Gasteiger partial charge in [0.25, 0.3) is 0 Å². The molecule has 0 bridgehead atoms. The second-order valence-electron chi connectivity index (χ2n) is 4.88. The first-order valence-corrected chi connectivity index (χ1v) is 8.95. The van der Waals surface area contributed by atoms with E-state index in [-0.39, 0.29) is 17.4 Å². The lowest BCUT2D eigenvalue weighted by molar-refractivity contribution is -0.122. The lowest BCUT2D eigenvalue weighted by atomic mass is 9.99. The van der Waals surface area contributed by atoms with Gasteiger partial charge < -0.3 is 5.73 Å². The van der Waals surface area contributed by atoms with E-state index in [0.29, 0.717) is 24.7 Å². The van der Waals surface area contributed by atoms with Gasteiger partial charge in [-0.15, -0.1) is 0 Å². The molecule has 7 heteroatoms. The van der Waals surface area contributed by atoms with Gasteiger partial charge in [0.1, 0.15) is 0 Å². The van der Waals surface area contributed by atoms with Crippen LogP contribution in [0.15, 0.2) is 29.2 Å². The molecule has 1 saturated heterocycles. The van der Waals surface area contributed by atoms with Crippen molar-refractivity contribution < 1.29 is 13.2 Å². The molecule has 1 unspecified atom stereocenters. The van der Waals surface area contributed by atoms with E-state index in [4.69, 9.17) is 5.73 Å². The van der Waals surface area contributed by atoms with Crippen LogP contribution in [0.4, 0.5) is 0 Å². The van der Waals surface area contributed by atoms with Gasteiger partial charge in [-0.3, -0.25) is 4.79 Å². The van der Waals surface area contributed by atoms with Crippen molar-refractivity contribution in [3.8, 4) is 0 Å². The number of benzene rings is 1. The number of rotatable bonds is 4. The smallest absolute Gasteiger partial charge is 0.243 e. The maximum absolute atomic E-state index is 12.5. The van der Waals surface area contributed by atoms with E-state index in [1.165, 1.54) is 4.31 Å². The third kappa shape index (κ3) is 3.21. The molecule has 2 N–H and O–H groups in total. The molecular weight excluding hydrogens is 344 g/mol. The number of halogens is 1. The summed E-state index contributed by atoms with van der Waals surface area (Å²) in [6.45, 7) is 0.615. The highest BCUT2D eigenvalue weighted by molar-refractivity contribution is 9.08. The number of hydrogen-bond donors (Lipinski definition) is 1. The van der Waals surface area contributed by atoms with Gasteiger partial charge in [-0.05, 0) is 30.5 Å². The number of primary amides is 1. The van der Waals surface area contributed by atoms with Crippen LogP contribution in [0.5, 0.6) is 0 Å². The number of nitrogens with zero attached hydrogens (tertiary/aromatic N) is 1. The normalized spacial score (nSPS) is 20.8. The van der Waals surface area contributed by atoms with Gasteiger partial charge in [-0.1, -0.05) is 28.1 Å². The quantitative estimate of drug-likeness (QED) is 0.825. The number of nitrogens with two attached hydrogens (primary N) is 1. The SMILES string of the molecule is NC(=O)C1CCCN(S(=O)(=O)c2ccc(CBr)cc2)C1. The number of carbonyl (C=O) groups excluding carboxylic acids is 1. The van der Waals surface area contributed by atoms with E-state index in [2.05, 4.69) is 15.9 Å². The van der Waals surface area contributed by atoms with Crippen molar-refractivity contribution in [1.82, 2.24) is 4.31 Å². The molecule has 20 heavy (non-hydrogen) atoms. The summed E-state index contributed by atoms with van der Waals surface area (Å²) in [5, 5.41) is 0.681. The molecule has 5 nitrogen and oxygen atoms in total. The maximum Gasteiger partial charge on any atom is 0.243 e. The monoisotopic (exact) mass is 360 g/mol. The van der Waals surface area contributed by atoms with Crippen molar-refractivity contribution in [1.29, 1.82) is 0 Å². The first-order chi connectivity index (χ1) is 9.45. The molecule has 2 rings (SSSR count). The predicted molar refractivity (Wildman–Crippen MR) is 79.8 cm³/mol. The van der Waals surface area contributed by atoms with Gasteiger partial charge in [-0.2, -0.15) is 4.31 Å². The lowest BCUT2D eigenvalue weighted by Crippen LogP contribution is -2.44. The van der Waals surface area contributed by atoms with Crippen molar-refractivity contribution in [2.45, 2.75) is 23.1 Å². The Morgan fingerprint density at radius 2 is 2.00 bits per heavy atom. The topological polar surface area (TPSA) is 80.5 Å². The summed E-state index contributed by atoms with van der Waals surface area (Å²) in [5.41, 5.74) is 6.30. The van der Waals surface area contributed by atoms with E-state index in [0.717, 1.165) is 5.56 Å². The summed E-state index contributed by atoms with van der Waals surface area (Å²) in [6, 6.07) is 6.74. The number of carbonyl (C=O) groups is 1. The van der Waals surface area contributed by atoms with Crippen molar-refractivity contribution in [2.75, 3.05) is 13.1 Å². The van der Waals surface area contributed by atoms with E-state index < -0.39 is 15.9 Å². The van der Waals surface area contributed by atoms with Crippen LogP contribution >= 0.6 is 15.9 Å². The molecular formula is C13H17BrN2O3S. The van der Waals surface area contributed by atoms with Gasteiger partial charge in [0, 0.05) is 18.4 Å². The zero-order chi connectivity index (χ0) is 14.8. The molecule has 0 radical (unpaired) electrons. The van der Waals surface area contributed by atoms with Gasteiger partial charge >= 0.3 is 0 Å². The van der Waals surface area contributed by atoms with E-state index in [1.807, 2.05) is 0 Å². The third-order valence-electron chi connectivity index (χ3n) is 3.50. The highest BCUT2D eigenvalue weighted by Gasteiger charge is 2.32. The molecule has 1 amide bonds. The van der Waals surface area contributed by atoms with Crippen molar-refractivity contribution >= 4 is 31.9 Å². The molecule has 0 aromatic heterocycles. The largest absolute Gasteiger partial charge is 0.369 e. The van der Waals surface area contributed by atoms with Crippen LogP contribution in [0, 0.1) is 5.92 Å². The Bertz CT molecular complexity index is 586. The average molecular weight is 361 g/mol. The average Bonchev–Trinajstić information content (AvgIpc) is 2.47. The standard InChI is InChI=1S/C13H17BrN2O3S/c14-8-10-3-5-12(6-4-10)20(18,19)16-7-1-2-11(9-16)13(15)17/h3-6,11H,1-2,7-9H2,(H2,15,17). The second kappa shape index (κ2) is 6.24. The minimum atomic E-state index is -3.54. The lowest BCUT2D eigenvalue weighted by Gasteiger charge is -2.30. The zero-order valence-corrected chi connectivity index (χ0v) is 13.4. The number of amides is 1. The summed E-state index contributed by atoms with van der Waals surface area (Å²) in [6.07, 6.45) is 1.32. The first kappa shape index (κ1) is 15.5. The van der Waals surface area contributed by atoms with Crippen LogP contribution < -0.4 is 5.73 Å². The number of sulfonamides is 1. The molecule has 1 atom stereocenters. The minimum absolute atomic E-state index is 0.178. The molecule has 0 saturated carbocycles. The van der Waals surface area contributed by atoms with E-state index in [1.54, 1.807) is 24.3 Å². The molecule has 0 aliphatic carbocycles. The van der Waals surface area contributed by atoms with Gasteiger partial charge in [0.05, 0.1) is 10.8 Å². The van der Waals surface area contributed by atoms with Gasteiger partial charge in [0.2, 0.25) is 15.9 Å². The van der Waals surface area contributed by atoms with Crippen LogP contribution in [-0.2, 0) is 20.1 Å². The Kier molecular flexibility index (Phi) is 4.82. The first-order valence-electron chi connectivity index (χ1n) is 6.39. The summed E-state index contributed by atoms with van der Waals surface area (Å²) >= 11 is 3.32. The molecule has 1 fully saturated rings. The summed E-state index contributed by atoms with van der Waals surface area (Å²) in [5.74, 6) is -0.820. The van der Waals surface area contributed by atoms with E-state index >= 15 is 0 Å².